The molecule has 2 N–H and O–H groups in total. The van der Waals surface area contributed by atoms with Gasteiger partial charge in [-0.15, -0.1) is 0 Å². The highest BCUT2D eigenvalue weighted by Gasteiger charge is 2.50. The maximum Gasteiger partial charge on any atom is 0.226 e. The van der Waals surface area contributed by atoms with E-state index in [0.717, 1.165) is 69.5 Å². The molecule has 0 bridgehead atoms. The fraction of sp³-hybridized carbons (Fsp3) is 0.545. The Balaban J connectivity index is 1.37. The Labute approximate surface area is 165 Å². The van der Waals surface area contributed by atoms with Gasteiger partial charge in [0.25, 0.3) is 0 Å². The number of phenolic OH excluding ortho intramolecular Hbond substituents is 1. The number of aromatic nitrogens is 2. The average molecular weight is 380 g/mol. The zero-order valence-corrected chi connectivity index (χ0v) is 16.2. The predicted molar refractivity (Wildman–Crippen MR) is 106 cm³/mol. The molecule has 1 saturated carbocycles. The minimum atomic E-state index is -0.254. The van der Waals surface area contributed by atoms with Gasteiger partial charge in [0, 0.05) is 44.2 Å². The van der Waals surface area contributed by atoms with E-state index >= 15 is 0 Å². The first-order valence-electron chi connectivity index (χ1n) is 10.5. The second-order valence-corrected chi connectivity index (χ2v) is 8.58. The van der Waals surface area contributed by atoms with Crippen LogP contribution in [-0.2, 0) is 23.3 Å². The summed E-state index contributed by atoms with van der Waals surface area (Å²) in [4.78, 5) is 25.9. The van der Waals surface area contributed by atoms with Gasteiger partial charge in [-0.05, 0) is 43.4 Å². The normalized spacial score (nSPS) is 22.1. The van der Waals surface area contributed by atoms with Crippen LogP contribution in [0.5, 0.6) is 5.75 Å². The molecule has 2 aromatic rings. The molecule has 1 aliphatic carbocycles. The predicted octanol–water partition coefficient (Wildman–Crippen LogP) is 2.79. The van der Waals surface area contributed by atoms with Gasteiger partial charge >= 0.3 is 0 Å². The minimum Gasteiger partial charge on any atom is -0.508 e. The number of nitrogens with zero attached hydrogens (tertiary/aromatic N) is 3. The standard InChI is InChI=1S/C22H28N4O2/c27-18-6-1-3-16(13-18)14-25-11-8-22(9-12-25)20-19(23-15-24-20)7-10-26(22)21(28)17-4-2-5-17/h1,3,6,13,15,17,27H,2,4-5,7-12,14H2,(H,23,24). The number of aromatic amines is 1. The Bertz CT molecular complexity index is 865. The second kappa shape index (κ2) is 6.92. The molecule has 2 fully saturated rings. The van der Waals surface area contributed by atoms with Gasteiger partial charge in [0.2, 0.25) is 5.91 Å². The number of aromatic hydroxyl groups is 1. The number of likely N-dealkylation sites (tertiary alicyclic amines) is 1. The van der Waals surface area contributed by atoms with Gasteiger partial charge in [0.05, 0.1) is 17.6 Å². The van der Waals surface area contributed by atoms with Crippen molar-refractivity contribution in [1.29, 1.82) is 0 Å². The lowest BCUT2D eigenvalue weighted by molar-refractivity contribution is -0.149. The Morgan fingerprint density at radius 3 is 2.79 bits per heavy atom. The van der Waals surface area contributed by atoms with Crippen molar-refractivity contribution in [1.82, 2.24) is 19.8 Å². The quantitative estimate of drug-likeness (QED) is 0.859. The average Bonchev–Trinajstić information content (AvgIpc) is 3.12. The van der Waals surface area contributed by atoms with E-state index in [4.69, 9.17) is 0 Å². The third-order valence-electron chi connectivity index (χ3n) is 6.98. The number of phenols is 1. The number of fused-ring (bicyclic) bond motifs is 2. The van der Waals surface area contributed by atoms with Crippen molar-refractivity contribution in [2.45, 2.75) is 50.6 Å². The molecule has 0 unspecified atom stereocenters. The molecule has 1 aromatic carbocycles. The molecule has 148 valence electrons. The number of carbonyl (C=O) groups excluding carboxylic acids is 1. The number of piperidine rings is 1. The number of rotatable bonds is 3. The number of nitrogens with one attached hydrogen (secondary N) is 1. The molecule has 6 nitrogen and oxygen atoms in total. The van der Waals surface area contributed by atoms with Crippen LogP contribution < -0.4 is 0 Å². The molecule has 0 atom stereocenters. The third kappa shape index (κ3) is 2.91. The molecule has 3 aliphatic rings. The van der Waals surface area contributed by atoms with Gasteiger partial charge in [-0.3, -0.25) is 9.69 Å². The Hall–Kier alpha value is -2.34. The van der Waals surface area contributed by atoms with E-state index in [1.165, 1.54) is 12.1 Å². The van der Waals surface area contributed by atoms with E-state index in [2.05, 4.69) is 25.8 Å². The summed E-state index contributed by atoms with van der Waals surface area (Å²) in [6.45, 7) is 3.48. The van der Waals surface area contributed by atoms with Crippen molar-refractivity contribution in [3.8, 4) is 5.75 Å². The van der Waals surface area contributed by atoms with E-state index in [1.54, 1.807) is 12.4 Å². The van der Waals surface area contributed by atoms with Crippen LogP contribution in [0.25, 0.3) is 0 Å². The Morgan fingerprint density at radius 2 is 2.07 bits per heavy atom. The highest BCUT2D eigenvalue weighted by molar-refractivity contribution is 5.81. The van der Waals surface area contributed by atoms with Gasteiger partial charge in [0.1, 0.15) is 5.75 Å². The number of hydrogen-bond donors (Lipinski definition) is 2. The lowest BCUT2D eigenvalue weighted by Crippen LogP contribution is -2.59. The minimum absolute atomic E-state index is 0.225. The van der Waals surface area contributed by atoms with Gasteiger partial charge in [-0.1, -0.05) is 18.6 Å². The number of hydrogen-bond acceptors (Lipinski definition) is 4. The molecule has 1 spiro atoms. The third-order valence-corrected chi connectivity index (χ3v) is 6.98. The summed E-state index contributed by atoms with van der Waals surface area (Å²) in [7, 11) is 0. The van der Waals surface area contributed by atoms with Crippen LogP contribution in [0.1, 0.15) is 49.1 Å². The van der Waals surface area contributed by atoms with Crippen LogP contribution in [0.3, 0.4) is 0 Å². The molecule has 1 saturated heterocycles. The highest BCUT2D eigenvalue weighted by atomic mass is 16.3. The number of imidazole rings is 1. The van der Waals surface area contributed by atoms with Crippen molar-refractivity contribution in [2.75, 3.05) is 19.6 Å². The van der Waals surface area contributed by atoms with E-state index in [-0.39, 0.29) is 11.5 Å². The van der Waals surface area contributed by atoms with Crippen molar-refractivity contribution >= 4 is 5.91 Å². The van der Waals surface area contributed by atoms with Crippen LogP contribution in [-0.4, -0.2) is 50.4 Å². The maximum atomic E-state index is 13.2. The van der Waals surface area contributed by atoms with Gasteiger partial charge in [-0.2, -0.15) is 0 Å². The lowest BCUT2D eigenvalue weighted by atomic mass is 9.76. The van der Waals surface area contributed by atoms with Gasteiger partial charge in [-0.25, -0.2) is 4.98 Å². The molecule has 28 heavy (non-hydrogen) atoms. The SMILES string of the molecule is O=C(C1CCC1)N1CCc2[nH]cnc2C12CCN(Cc1cccc(O)c1)CC2. The Kier molecular flexibility index (Phi) is 4.38. The summed E-state index contributed by atoms with van der Waals surface area (Å²) >= 11 is 0. The zero-order chi connectivity index (χ0) is 19.1. The van der Waals surface area contributed by atoms with E-state index in [9.17, 15) is 9.90 Å². The molecule has 6 heteroatoms. The van der Waals surface area contributed by atoms with Crippen molar-refractivity contribution in [2.24, 2.45) is 5.92 Å². The summed E-state index contributed by atoms with van der Waals surface area (Å²) in [5.74, 6) is 0.890. The van der Waals surface area contributed by atoms with Crippen molar-refractivity contribution in [3.63, 3.8) is 0 Å². The number of benzene rings is 1. The molecule has 2 aliphatic heterocycles. The maximum absolute atomic E-state index is 13.2. The van der Waals surface area contributed by atoms with Crippen molar-refractivity contribution in [3.05, 3.63) is 47.5 Å². The van der Waals surface area contributed by atoms with Gasteiger partial charge < -0.3 is 15.0 Å². The van der Waals surface area contributed by atoms with Crippen LogP contribution >= 0.6 is 0 Å². The largest absolute Gasteiger partial charge is 0.508 e. The topological polar surface area (TPSA) is 72.5 Å². The molecule has 5 rings (SSSR count). The van der Waals surface area contributed by atoms with Crippen LogP contribution in [0.2, 0.25) is 0 Å². The molecular weight excluding hydrogens is 352 g/mol. The monoisotopic (exact) mass is 380 g/mol. The summed E-state index contributed by atoms with van der Waals surface area (Å²) in [5, 5.41) is 9.73. The first-order chi connectivity index (χ1) is 13.7. The van der Waals surface area contributed by atoms with E-state index in [1.807, 2.05) is 12.1 Å². The lowest BCUT2D eigenvalue weighted by Gasteiger charge is -2.52. The Morgan fingerprint density at radius 1 is 1.25 bits per heavy atom. The van der Waals surface area contributed by atoms with E-state index < -0.39 is 0 Å². The fourth-order valence-electron chi connectivity index (χ4n) is 5.18. The summed E-state index contributed by atoms with van der Waals surface area (Å²) in [5.41, 5.74) is 3.18. The number of amides is 1. The first kappa shape index (κ1) is 17.7. The fourth-order valence-corrected chi connectivity index (χ4v) is 5.18. The molecule has 0 radical (unpaired) electrons. The molecule has 1 amide bonds. The van der Waals surface area contributed by atoms with E-state index in [0.29, 0.717) is 11.7 Å². The smallest absolute Gasteiger partial charge is 0.226 e. The van der Waals surface area contributed by atoms with Gasteiger partial charge in [0.15, 0.2) is 0 Å². The van der Waals surface area contributed by atoms with Crippen molar-refractivity contribution < 1.29 is 9.90 Å². The molecule has 1 aromatic heterocycles. The molecule has 3 heterocycles. The molecular formula is C22H28N4O2. The number of H-pyrrole nitrogens is 1. The number of carbonyl (C=O) groups is 1. The van der Waals surface area contributed by atoms with Crippen LogP contribution in [0.4, 0.5) is 0 Å². The highest BCUT2D eigenvalue weighted by Crippen LogP contribution is 2.44. The summed E-state index contributed by atoms with van der Waals surface area (Å²) in [6.07, 6.45) is 7.78. The van der Waals surface area contributed by atoms with Crippen LogP contribution in [0, 0.1) is 5.92 Å². The van der Waals surface area contributed by atoms with Crippen LogP contribution in [0.15, 0.2) is 30.6 Å². The first-order valence-corrected chi connectivity index (χ1v) is 10.5. The second-order valence-electron chi connectivity index (χ2n) is 8.58. The summed E-state index contributed by atoms with van der Waals surface area (Å²) in [6, 6.07) is 7.50. The summed E-state index contributed by atoms with van der Waals surface area (Å²) < 4.78 is 0. The zero-order valence-electron chi connectivity index (χ0n) is 16.2.